The Labute approximate surface area is 169 Å². The highest BCUT2D eigenvalue weighted by Gasteiger charge is 2.24. The van der Waals surface area contributed by atoms with Crippen molar-refractivity contribution in [2.24, 2.45) is 0 Å². The van der Waals surface area contributed by atoms with Crippen molar-refractivity contribution in [2.45, 2.75) is 13.3 Å². The molecule has 0 atom stereocenters. The van der Waals surface area contributed by atoms with Gasteiger partial charge in [-0.15, -0.1) is 11.3 Å². The van der Waals surface area contributed by atoms with Gasteiger partial charge in [-0.1, -0.05) is 18.2 Å². The standard InChI is InChI=1S/C20H16N2O4S2/c1-12-15(21-19(26-12)16-3-2-10-27-16)8-9-25-14-6-4-13(5-7-14)11-17-18(23)22-20(24)28-17/h2-7,10-11H,8-9H2,1H3,(H,22,23,24)/b17-11-. The molecule has 3 aromatic rings. The number of aromatic nitrogens is 1. The van der Waals surface area contributed by atoms with Crippen molar-refractivity contribution in [1.82, 2.24) is 10.3 Å². The Bertz CT molecular complexity index is 1040. The van der Waals surface area contributed by atoms with E-state index in [0.29, 0.717) is 23.8 Å². The van der Waals surface area contributed by atoms with Crippen LogP contribution in [-0.2, 0) is 11.2 Å². The maximum absolute atomic E-state index is 11.6. The third-order valence-electron chi connectivity index (χ3n) is 4.05. The number of nitrogens with one attached hydrogen (secondary N) is 1. The molecule has 2 amide bonds. The van der Waals surface area contributed by atoms with Crippen LogP contribution < -0.4 is 10.1 Å². The maximum atomic E-state index is 11.6. The highest BCUT2D eigenvalue weighted by molar-refractivity contribution is 8.18. The summed E-state index contributed by atoms with van der Waals surface area (Å²) in [5.41, 5.74) is 1.71. The Kier molecular flexibility index (Phi) is 5.31. The van der Waals surface area contributed by atoms with Crippen LogP contribution >= 0.6 is 23.1 Å². The molecule has 1 aliphatic rings. The molecule has 0 saturated carbocycles. The molecule has 0 aliphatic carbocycles. The first-order valence-electron chi connectivity index (χ1n) is 8.56. The van der Waals surface area contributed by atoms with Gasteiger partial charge in [-0.05, 0) is 53.9 Å². The molecule has 0 spiro atoms. The molecule has 4 rings (SSSR count). The molecule has 1 aliphatic heterocycles. The minimum absolute atomic E-state index is 0.346. The number of ether oxygens (including phenoxy) is 1. The molecule has 28 heavy (non-hydrogen) atoms. The summed E-state index contributed by atoms with van der Waals surface area (Å²) >= 11 is 2.50. The molecule has 1 fully saturated rings. The van der Waals surface area contributed by atoms with Crippen molar-refractivity contribution < 1.29 is 18.7 Å². The smallest absolute Gasteiger partial charge is 0.290 e. The molecule has 142 valence electrons. The highest BCUT2D eigenvalue weighted by atomic mass is 32.2. The van der Waals surface area contributed by atoms with Gasteiger partial charge in [0, 0.05) is 6.42 Å². The van der Waals surface area contributed by atoms with E-state index in [9.17, 15) is 9.59 Å². The number of thioether (sulfide) groups is 1. The number of benzene rings is 1. The van der Waals surface area contributed by atoms with Gasteiger partial charge in [-0.2, -0.15) is 0 Å². The van der Waals surface area contributed by atoms with Crippen LogP contribution in [0.15, 0.2) is 51.1 Å². The Morgan fingerprint density at radius 3 is 2.71 bits per heavy atom. The summed E-state index contributed by atoms with van der Waals surface area (Å²) in [7, 11) is 0. The second-order valence-corrected chi connectivity index (χ2v) is 7.98. The van der Waals surface area contributed by atoms with Gasteiger partial charge >= 0.3 is 0 Å². The van der Waals surface area contributed by atoms with Gasteiger partial charge in [-0.3, -0.25) is 14.9 Å². The van der Waals surface area contributed by atoms with Crippen LogP contribution in [0.4, 0.5) is 4.79 Å². The fourth-order valence-corrected chi connectivity index (χ4v) is 4.00. The number of hydrogen-bond acceptors (Lipinski definition) is 7. The van der Waals surface area contributed by atoms with Crippen LogP contribution in [0.5, 0.6) is 5.75 Å². The van der Waals surface area contributed by atoms with E-state index < -0.39 is 0 Å². The molecule has 1 aromatic carbocycles. The molecule has 6 nitrogen and oxygen atoms in total. The van der Waals surface area contributed by atoms with Crippen molar-refractivity contribution in [3.63, 3.8) is 0 Å². The summed E-state index contributed by atoms with van der Waals surface area (Å²) in [6.07, 6.45) is 2.32. The zero-order valence-corrected chi connectivity index (χ0v) is 16.6. The SMILES string of the molecule is Cc1oc(-c2cccs2)nc1CCOc1ccc(/C=C2\SC(=O)NC2=O)cc1. The van der Waals surface area contributed by atoms with Crippen molar-refractivity contribution in [2.75, 3.05) is 6.61 Å². The summed E-state index contributed by atoms with van der Waals surface area (Å²) < 4.78 is 11.5. The second kappa shape index (κ2) is 8.04. The number of carbonyl (C=O) groups excluding carboxylic acids is 2. The number of oxazole rings is 1. The minimum atomic E-state index is -0.361. The quantitative estimate of drug-likeness (QED) is 0.593. The van der Waals surface area contributed by atoms with Crippen molar-refractivity contribution in [3.05, 3.63) is 63.7 Å². The maximum Gasteiger partial charge on any atom is 0.290 e. The Balaban J connectivity index is 1.34. The van der Waals surface area contributed by atoms with Gasteiger partial charge in [0.2, 0.25) is 5.89 Å². The molecule has 0 unspecified atom stereocenters. The first-order chi connectivity index (χ1) is 13.6. The van der Waals surface area contributed by atoms with Crippen molar-refractivity contribution >= 4 is 40.3 Å². The molecule has 0 radical (unpaired) electrons. The summed E-state index contributed by atoms with van der Waals surface area (Å²) in [5.74, 6) is 1.81. The monoisotopic (exact) mass is 412 g/mol. The first-order valence-corrected chi connectivity index (χ1v) is 10.3. The number of amides is 2. The van der Waals surface area contributed by atoms with Crippen LogP contribution in [-0.4, -0.2) is 22.7 Å². The van der Waals surface area contributed by atoms with Crippen LogP contribution in [0.3, 0.4) is 0 Å². The number of imide groups is 1. The van der Waals surface area contributed by atoms with Crippen LogP contribution in [0.25, 0.3) is 16.8 Å². The third-order valence-corrected chi connectivity index (χ3v) is 5.72. The molecule has 1 saturated heterocycles. The molecule has 8 heteroatoms. The number of thiophene rings is 1. The van der Waals surface area contributed by atoms with Gasteiger partial charge in [-0.25, -0.2) is 4.98 Å². The summed E-state index contributed by atoms with van der Waals surface area (Å²) in [4.78, 5) is 28.7. The Morgan fingerprint density at radius 1 is 1.21 bits per heavy atom. The third kappa shape index (κ3) is 4.18. The van der Waals surface area contributed by atoms with Crippen molar-refractivity contribution in [1.29, 1.82) is 0 Å². The lowest BCUT2D eigenvalue weighted by Crippen LogP contribution is -2.17. The molecule has 2 aromatic heterocycles. The largest absolute Gasteiger partial charge is 0.493 e. The van der Waals surface area contributed by atoms with E-state index in [1.54, 1.807) is 17.4 Å². The number of nitrogens with zero attached hydrogens (tertiary/aromatic N) is 1. The van der Waals surface area contributed by atoms with Crippen LogP contribution in [0, 0.1) is 6.92 Å². The van der Waals surface area contributed by atoms with E-state index in [1.807, 2.05) is 48.7 Å². The summed E-state index contributed by atoms with van der Waals surface area (Å²) in [5, 5.41) is 3.88. The lowest BCUT2D eigenvalue weighted by molar-refractivity contribution is -0.115. The van der Waals surface area contributed by atoms with E-state index >= 15 is 0 Å². The number of carbonyl (C=O) groups is 2. The second-order valence-electron chi connectivity index (χ2n) is 6.02. The molecular weight excluding hydrogens is 396 g/mol. The number of rotatable bonds is 6. The number of hydrogen-bond donors (Lipinski definition) is 1. The fourth-order valence-electron chi connectivity index (χ4n) is 2.66. The zero-order chi connectivity index (χ0) is 19.5. The fraction of sp³-hybridized carbons (Fsp3) is 0.150. The predicted octanol–water partition coefficient (Wildman–Crippen LogP) is 4.66. The van der Waals surface area contributed by atoms with Crippen LogP contribution in [0.2, 0.25) is 0 Å². The summed E-state index contributed by atoms with van der Waals surface area (Å²) in [6, 6.07) is 11.3. The average molecular weight is 412 g/mol. The van der Waals surface area contributed by atoms with Crippen molar-refractivity contribution in [3.8, 4) is 16.5 Å². The predicted molar refractivity (Wildman–Crippen MR) is 109 cm³/mol. The molecule has 0 bridgehead atoms. The normalized spacial score (nSPS) is 15.2. The van der Waals surface area contributed by atoms with Gasteiger partial charge in [0.1, 0.15) is 11.5 Å². The Hall–Kier alpha value is -2.84. The van der Waals surface area contributed by atoms with E-state index in [0.717, 1.165) is 39.4 Å². The molecular formula is C20H16N2O4S2. The van der Waals surface area contributed by atoms with E-state index in [4.69, 9.17) is 9.15 Å². The van der Waals surface area contributed by atoms with E-state index in [1.165, 1.54) is 0 Å². The first kappa shape index (κ1) is 18.5. The molecule has 1 N–H and O–H groups in total. The van der Waals surface area contributed by atoms with E-state index in [-0.39, 0.29) is 11.1 Å². The van der Waals surface area contributed by atoms with E-state index in [2.05, 4.69) is 10.3 Å². The van der Waals surface area contributed by atoms with Crippen LogP contribution in [0.1, 0.15) is 17.0 Å². The molecule has 3 heterocycles. The van der Waals surface area contributed by atoms with Gasteiger partial charge in [0.05, 0.1) is 22.1 Å². The zero-order valence-electron chi connectivity index (χ0n) is 14.9. The summed E-state index contributed by atoms with van der Waals surface area (Å²) in [6.45, 7) is 2.38. The van der Waals surface area contributed by atoms with Gasteiger partial charge < -0.3 is 9.15 Å². The topological polar surface area (TPSA) is 81.4 Å². The minimum Gasteiger partial charge on any atom is -0.493 e. The number of aryl methyl sites for hydroxylation is 1. The highest BCUT2D eigenvalue weighted by Crippen LogP contribution is 2.27. The average Bonchev–Trinajstić information content (AvgIpc) is 3.39. The van der Waals surface area contributed by atoms with Gasteiger partial charge in [0.15, 0.2) is 0 Å². The lowest BCUT2D eigenvalue weighted by Gasteiger charge is -2.05. The van der Waals surface area contributed by atoms with Gasteiger partial charge in [0.25, 0.3) is 11.1 Å². The lowest BCUT2D eigenvalue weighted by atomic mass is 10.2. The Morgan fingerprint density at radius 2 is 2.04 bits per heavy atom.